The summed E-state index contributed by atoms with van der Waals surface area (Å²) in [6.07, 6.45) is 2.52. The molecule has 1 amide bonds. The van der Waals surface area contributed by atoms with Crippen molar-refractivity contribution in [1.82, 2.24) is 19.7 Å². The summed E-state index contributed by atoms with van der Waals surface area (Å²) in [4.78, 5) is 18.8. The molecule has 0 saturated heterocycles. The Morgan fingerprint density at radius 2 is 1.96 bits per heavy atom. The van der Waals surface area contributed by atoms with Crippen LogP contribution in [0, 0.1) is 0 Å². The van der Waals surface area contributed by atoms with Crippen molar-refractivity contribution in [1.29, 1.82) is 0 Å². The first-order chi connectivity index (χ1) is 12.7. The van der Waals surface area contributed by atoms with E-state index >= 15 is 0 Å². The molecule has 0 spiro atoms. The Balaban J connectivity index is 1.58. The fourth-order valence-electron chi connectivity index (χ4n) is 3.19. The van der Waals surface area contributed by atoms with Gasteiger partial charge in [-0.05, 0) is 48.9 Å². The van der Waals surface area contributed by atoms with Crippen LogP contribution in [0.3, 0.4) is 0 Å². The number of aromatic nitrogens is 3. The molecule has 1 aliphatic heterocycles. The molecule has 26 heavy (non-hydrogen) atoms. The SMILES string of the molecule is COc1ccc(-c2cc3n(n2)CCCN(C(=O)c2ccccn2)C3)cc1. The zero-order valence-corrected chi connectivity index (χ0v) is 14.6. The van der Waals surface area contributed by atoms with Crippen LogP contribution in [0.4, 0.5) is 0 Å². The van der Waals surface area contributed by atoms with Gasteiger partial charge in [-0.15, -0.1) is 0 Å². The Bertz CT molecular complexity index is 903. The highest BCUT2D eigenvalue weighted by molar-refractivity contribution is 5.92. The van der Waals surface area contributed by atoms with Gasteiger partial charge in [0, 0.05) is 24.8 Å². The van der Waals surface area contributed by atoms with E-state index in [9.17, 15) is 4.79 Å². The van der Waals surface area contributed by atoms with Crippen molar-refractivity contribution in [2.24, 2.45) is 0 Å². The fraction of sp³-hybridized carbons (Fsp3) is 0.250. The molecule has 0 radical (unpaired) electrons. The van der Waals surface area contributed by atoms with Crippen LogP contribution in [0.5, 0.6) is 5.75 Å². The topological polar surface area (TPSA) is 60.2 Å². The largest absolute Gasteiger partial charge is 0.497 e. The van der Waals surface area contributed by atoms with Crippen LogP contribution in [-0.4, -0.2) is 39.2 Å². The first kappa shape index (κ1) is 16.3. The van der Waals surface area contributed by atoms with Crippen molar-refractivity contribution in [3.8, 4) is 17.0 Å². The van der Waals surface area contributed by atoms with Crippen LogP contribution >= 0.6 is 0 Å². The summed E-state index contributed by atoms with van der Waals surface area (Å²) < 4.78 is 7.21. The first-order valence-electron chi connectivity index (χ1n) is 8.66. The Labute approximate surface area is 152 Å². The maximum atomic E-state index is 12.7. The lowest BCUT2D eigenvalue weighted by Gasteiger charge is -2.19. The molecular weight excluding hydrogens is 328 g/mol. The lowest BCUT2D eigenvalue weighted by molar-refractivity contribution is 0.0740. The third kappa shape index (κ3) is 3.18. The van der Waals surface area contributed by atoms with Crippen molar-refractivity contribution in [2.75, 3.05) is 13.7 Å². The summed E-state index contributed by atoms with van der Waals surface area (Å²) in [6, 6.07) is 15.3. The number of hydrogen-bond donors (Lipinski definition) is 0. The molecule has 0 atom stereocenters. The van der Waals surface area contributed by atoms with Gasteiger partial charge >= 0.3 is 0 Å². The number of pyridine rings is 1. The Morgan fingerprint density at radius 1 is 1.12 bits per heavy atom. The minimum Gasteiger partial charge on any atom is -0.497 e. The minimum absolute atomic E-state index is 0.0359. The summed E-state index contributed by atoms with van der Waals surface area (Å²) in [6.45, 7) is 2.05. The van der Waals surface area contributed by atoms with Crippen molar-refractivity contribution in [3.63, 3.8) is 0 Å². The third-order valence-electron chi connectivity index (χ3n) is 4.57. The summed E-state index contributed by atoms with van der Waals surface area (Å²) in [5.74, 6) is 0.785. The molecule has 0 N–H and O–H groups in total. The maximum Gasteiger partial charge on any atom is 0.272 e. The molecule has 4 rings (SSSR count). The molecule has 0 bridgehead atoms. The molecule has 6 heteroatoms. The number of carbonyl (C=O) groups excluding carboxylic acids is 1. The van der Waals surface area contributed by atoms with Gasteiger partial charge in [-0.2, -0.15) is 5.10 Å². The van der Waals surface area contributed by atoms with E-state index in [0.29, 0.717) is 18.8 Å². The van der Waals surface area contributed by atoms with Gasteiger partial charge in [-0.1, -0.05) is 6.07 Å². The molecule has 1 aromatic carbocycles. The van der Waals surface area contributed by atoms with Crippen molar-refractivity contribution < 1.29 is 9.53 Å². The van der Waals surface area contributed by atoms with Crippen LogP contribution in [0.15, 0.2) is 54.7 Å². The van der Waals surface area contributed by atoms with Crippen molar-refractivity contribution >= 4 is 5.91 Å². The van der Waals surface area contributed by atoms with Gasteiger partial charge in [-0.25, -0.2) is 0 Å². The van der Waals surface area contributed by atoms with E-state index in [1.54, 1.807) is 19.4 Å². The molecule has 1 aliphatic rings. The van der Waals surface area contributed by atoms with Gasteiger partial charge < -0.3 is 9.64 Å². The average molecular weight is 348 g/mol. The number of amides is 1. The van der Waals surface area contributed by atoms with Gasteiger partial charge in [-0.3, -0.25) is 14.5 Å². The summed E-state index contributed by atoms with van der Waals surface area (Å²) >= 11 is 0. The number of aryl methyl sites for hydroxylation is 1. The normalized spacial score (nSPS) is 13.8. The number of carbonyl (C=O) groups is 1. The predicted octanol–water partition coefficient (Wildman–Crippen LogP) is 3.00. The van der Waals surface area contributed by atoms with E-state index in [1.807, 2.05) is 46.0 Å². The molecule has 2 aromatic heterocycles. The quantitative estimate of drug-likeness (QED) is 0.730. The number of hydrogen-bond acceptors (Lipinski definition) is 4. The van der Waals surface area contributed by atoms with Gasteiger partial charge in [0.15, 0.2) is 0 Å². The second-order valence-corrected chi connectivity index (χ2v) is 6.27. The molecule has 0 fully saturated rings. The molecular formula is C20H20N4O2. The van der Waals surface area contributed by atoms with E-state index in [-0.39, 0.29) is 5.91 Å². The minimum atomic E-state index is -0.0359. The molecule has 132 valence electrons. The maximum absolute atomic E-state index is 12.7. The van der Waals surface area contributed by atoms with E-state index in [1.165, 1.54) is 0 Å². The van der Waals surface area contributed by atoms with Gasteiger partial charge in [0.25, 0.3) is 5.91 Å². The Kier molecular flexibility index (Phi) is 4.39. The summed E-state index contributed by atoms with van der Waals surface area (Å²) in [7, 11) is 1.65. The Hall–Kier alpha value is -3.15. The van der Waals surface area contributed by atoms with E-state index in [4.69, 9.17) is 9.84 Å². The standard InChI is InChI=1S/C20H20N4O2/c1-26-17-8-6-15(7-9-17)19-13-16-14-23(11-4-12-24(16)22-19)20(25)18-5-2-3-10-21-18/h2-3,5-10,13H,4,11-12,14H2,1H3. The lowest BCUT2D eigenvalue weighted by Crippen LogP contribution is -2.31. The summed E-state index contributed by atoms with van der Waals surface area (Å²) in [5, 5.41) is 4.73. The number of nitrogens with zero attached hydrogens (tertiary/aromatic N) is 4. The summed E-state index contributed by atoms with van der Waals surface area (Å²) in [5.41, 5.74) is 3.47. The molecule has 3 aromatic rings. The highest BCUT2D eigenvalue weighted by Gasteiger charge is 2.22. The number of methoxy groups -OCH3 is 1. The second kappa shape index (κ2) is 7.00. The predicted molar refractivity (Wildman–Crippen MR) is 97.8 cm³/mol. The van der Waals surface area contributed by atoms with Crippen LogP contribution < -0.4 is 4.74 Å². The van der Waals surface area contributed by atoms with E-state index < -0.39 is 0 Å². The third-order valence-corrected chi connectivity index (χ3v) is 4.57. The number of ether oxygens (including phenoxy) is 1. The first-order valence-corrected chi connectivity index (χ1v) is 8.66. The number of fused-ring (bicyclic) bond motifs is 1. The highest BCUT2D eigenvalue weighted by atomic mass is 16.5. The molecule has 0 unspecified atom stereocenters. The van der Waals surface area contributed by atoms with Crippen LogP contribution in [0.1, 0.15) is 22.6 Å². The number of rotatable bonds is 3. The van der Waals surface area contributed by atoms with Gasteiger partial charge in [0.2, 0.25) is 0 Å². The molecule has 0 saturated carbocycles. The zero-order valence-electron chi connectivity index (χ0n) is 14.6. The Morgan fingerprint density at radius 3 is 2.69 bits per heavy atom. The highest BCUT2D eigenvalue weighted by Crippen LogP contribution is 2.24. The van der Waals surface area contributed by atoms with E-state index in [2.05, 4.69) is 11.1 Å². The smallest absolute Gasteiger partial charge is 0.272 e. The van der Waals surface area contributed by atoms with Crippen molar-refractivity contribution in [2.45, 2.75) is 19.5 Å². The second-order valence-electron chi connectivity index (χ2n) is 6.27. The molecule has 6 nitrogen and oxygen atoms in total. The van der Waals surface area contributed by atoms with Gasteiger partial charge in [0.05, 0.1) is 25.0 Å². The number of benzene rings is 1. The fourth-order valence-corrected chi connectivity index (χ4v) is 3.19. The zero-order chi connectivity index (χ0) is 17.9. The van der Waals surface area contributed by atoms with Crippen molar-refractivity contribution in [3.05, 3.63) is 66.1 Å². The average Bonchev–Trinajstić information content (AvgIpc) is 2.99. The molecule has 0 aliphatic carbocycles. The lowest BCUT2D eigenvalue weighted by atomic mass is 10.1. The molecule has 3 heterocycles. The van der Waals surface area contributed by atoms with Crippen LogP contribution in [0.2, 0.25) is 0 Å². The van der Waals surface area contributed by atoms with Crippen LogP contribution in [-0.2, 0) is 13.1 Å². The monoisotopic (exact) mass is 348 g/mol. The van der Waals surface area contributed by atoms with Gasteiger partial charge in [0.1, 0.15) is 11.4 Å². The van der Waals surface area contributed by atoms with Crippen LogP contribution in [0.25, 0.3) is 11.3 Å². The van der Waals surface area contributed by atoms with E-state index in [0.717, 1.165) is 35.7 Å².